The van der Waals surface area contributed by atoms with Crippen molar-refractivity contribution in [3.05, 3.63) is 35.4 Å². The van der Waals surface area contributed by atoms with Gasteiger partial charge in [-0.2, -0.15) is 0 Å². The molecule has 0 bridgehead atoms. The van der Waals surface area contributed by atoms with Crippen LogP contribution in [0.5, 0.6) is 0 Å². The normalized spacial score (nSPS) is 12.2. The molecule has 4 heteroatoms. The molecule has 0 aliphatic carbocycles. The Bertz CT molecular complexity index is 437. The second-order valence-corrected chi connectivity index (χ2v) is 4.91. The molecule has 19 heavy (non-hydrogen) atoms. The number of carboxylic acids is 1. The van der Waals surface area contributed by atoms with Gasteiger partial charge >= 0.3 is 5.97 Å². The Labute approximate surface area is 113 Å². The van der Waals surface area contributed by atoms with Gasteiger partial charge in [-0.1, -0.05) is 45.0 Å². The number of hydrogen-bond donors (Lipinski definition) is 2. The van der Waals surface area contributed by atoms with Gasteiger partial charge in [-0.15, -0.1) is 0 Å². The van der Waals surface area contributed by atoms with Crippen LogP contribution in [0.4, 0.5) is 0 Å². The third-order valence-electron chi connectivity index (χ3n) is 3.01. The first-order chi connectivity index (χ1) is 8.93. The number of nitrogens with one attached hydrogen (secondary N) is 1. The monoisotopic (exact) mass is 263 g/mol. The summed E-state index contributed by atoms with van der Waals surface area (Å²) in [5, 5.41) is 11.7. The van der Waals surface area contributed by atoms with Crippen LogP contribution in [0.15, 0.2) is 24.3 Å². The van der Waals surface area contributed by atoms with E-state index in [1.165, 1.54) is 5.56 Å². The van der Waals surface area contributed by atoms with Gasteiger partial charge in [0.15, 0.2) is 0 Å². The minimum Gasteiger partial charge on any atom is -0.481 e. The summed E-state index contributed by atoms with van der Waals surface area (Å²) in [7, 11) is 0. The fourth-order valence-electron chi connectivity index (χ4n) is 1.75. The van der Waals surface area contributed by atoms with Crippen LogP contribution >= 0.6 is 0 Å². The Hall–Kier alpha value is -1.84. The summed E-state index contributed by atoms with van der Waals surface area (Å²) >= 11 is 0. The zero-order valence-electron chi connectivity index (χ0n) is 11.6. The molecule has 1 rings (SSSR count). The minimum atomic E-state index is -0.923. The standard InChI is InChI=1S/C15H21NO3/c1-4-11-5-7-12(8-6-11)13(9-14(17)18)16-15(19)10(2)3/h5-8,10,13H,4,9H2,1-3H3,(H,16,19)(H,17,18). The Kier molecular flexibility index (Phi) is 5.55. The molecule has 0 spiro atoms. The van der Waals surface area contributed by atoms with E-state index in [1.54, 1.807) is 13.8 Å². The summed E-state index contributed by atoms with van der Waals surface area (Å²) in [6, 6.07) is 7.22. The van der Waals surface area contributed by atoms with Crippen molar-refractivity contribution < 1.29 is 14.7 Å². The molecule has 0 aromatic heterocycles. The van der Waals surface area contributed by atoms with Crippen molar-refractivity contribution >= 4 is 11.9 Å². The van der Waals surface area contributed by atoms with Crippen LogP contribution in [-0.4, -0.2) is 17.0 Å². The van der Waals surface area contributed by atoms with Gasteiger partial charge in [0.05, 0.1) is 12.5 Å². The molecule has 0 heterocycles. The fourth-order valence-corrected chi connectivity index (χ4v) is 1.75. The van der Waals surface area contributed by atoms with E-state index in [9.17, 15) is 9.59 Å². The molecule has 1 aromatic carbocycles. The van der Waals surface area contributed by atoms with Crippen LogP contribution in [0.25, 0.3) is 0 Å². The Morgan fingerprint density at radius 3 is 2.21 bits per heavy atom. The number of amides is 1. The van der Waals surface area contributed by atoms with Crippen LogP contribution in [0, 0.1) is 5.92 Å². The van der Waals surface area contributed by atoms with E-state index in [0.29, 0.717) is 0 Å². The highest BCUT2D eigenvalue weighted by molar-refractivity contribution is 5.79. The Morgan fingerprint density at radius 1 is 1.21 bits per heavy atom. The first-order valence-electron chi connectivity index (χ1n) is 6.55. The number of benzene rings is 1. The second kappa shape index (κ2) is 6.92. The molecule has 1 unspecified atom stereocenters. The maximum Gasteiger partial charge on any atom is 0.305 e. The summed E-state index contributed by atoms with van der Waals surface area (Å²) < 4.78 is 0. The van der Waals surface area contributed by atoms with Crippen molar-refractivity contribution in [2.45, 2.75) is 39.7 Å². The molecule has 0 aliphatic heterocycles. The van der Waals surface area contributed by atoms with Crippen molar-refractivity contribution in [1.82, 2.24) is 5.32 Å². The summed E-state index contributed by atoms with van der Waals surface area (Å²) in [6.07, 6.45) is 0.826. The predicted octanol–water partition coefficient (Wildman–Crippen LogP) is 2.54. The maximum atomic E-state index is 11.7. The van der Waals surface area contributed by atoms with Crippen LogP contribution < -0.4 is 5.32 Å². The summed E-state index contributed by atoms with van der Waals surface area (Å²) in [5.41, 5.74) is 2.02. The number of aryl methyl sites for hydroxylation is 1. The van der Waals surface area contributed by atoms with Gasteiger partial charge in [0.25, 0.3) is 0 Å². The lowest BCUT2D eigenvalue weighted by atomic mass is 10.0. The van der Waals surface area contributed by atoms with E-state index in [4.69, 9.17) is 5.11 Å². The number of carboxylic acid groups (broad SMARTS) is 1. The zero-order chi connectivity index (χ0) is 14.4. The van der Waals surface area contributed by atoms with Crippen LogP contribution in [0.1, 0.15) is 44.4 Å². The molecule has 0 fully saturated rings. The average molecular weight is 263 g/mol. The number of carbonyl (C=O) groups is 2. The molecule has 1 aromatic rings. The van der Waals surface area contributed by atoms with E-state index in [2.05, 4.69) is 12.2 Å². The van der Waals surface area contributed by atoms with E-state index in [0.717, 1.165) is 12.0 Å². The second-order valence-electron chi connectivity index (χ2n) is 4.91. The van der Waals surface area contributed by atoms with Crippen molar-refractivity contribution in [2.75, 3.05) is 0 Å². The lowest BCUT2D eigenvalue weighted by Gasteiger charge is -2.19. The largest absolute Gasteiger partial charge is 0.481 e. The Morgan fingerprint density at radius 2 is 1.79 bits per heavy atom. The SMILES string of the molecule is CCc1ccc(C(CC(=O)O)NC(=O)C(C)C)cc1. The fraction of sp³-hybridized carbons (Fsp3) is 0.467. The molecule has 0 saturated carbocycles. The molecule has 0 aliphatic rings. The van der Waals surface area contributed by atoms with E-state index >= 15 is 0 Å². The van der Waals surface area contributed by atoms with Crippen molar-refractivity contribution in [2.24, 2.45) is 5.92 Å². The van der Waals surface area contributed by atoms with Crippen LogP contribution in [-0.2, 0) is 16.0 Å². The van der Waals surface area contributed by atoms with Crippen molar-refractivity contribution in [3.63, 3.8) is 0 Å². The topological polar surface area (TPSA) is 66.4 Å². The molecule has 1 amide bonds. The number of carbonyl (C=O) groups excluding carboxylic acids is 1. The lowest BCUT2D eigenvalue weighted by Crippen LogP contribution is -2.33. The molecule has 0 saturated heterocycles. The third-order valence-corrected chi connectivity index (χ3v) is 3.01. The molecular formula is C15H21NO3. The quantitative estimate of drug-likeness (QED) is 0.828. The minimum absolute atomic E-state index is 0.107. The van der Waals surface area contributed by atoms with Crippen molar-refractivity contribution in [1.29, 1.82) is 0 Å². The molecular weight excluding hydrogens is 242 g/mol. The summed E-state index contributed by atoms with van der Waals surface area (Å²) in [4.78, 5) is 22.6. The molecule has 4 nitrogen and oxygen atoms in total. The highest BCUT2D eigenvalue weighted by Crippen LogP contribution is 2.18. The smallest absolute Gasteiger partial charge is 0.305 e. The van der Waals surface area contributed by atoms with Gasteiger partial charge in [-0.3, -0.25) is 9.59 Å². The number of hydrogen-bond acceptors (Lipinski definition) is 2. The van der Waals surface area contributed by atoms with E-state index < -0.39 is 12.0 Å². The number of rotatable bonds is 6. The van der Waals surface area contributed by atoms with Crippen LogP contribution in [0.2, 0.25) is 0 Å². The average Bonchev–Trinajstić information content (AvgIpc) is 2.37. The van der Waals surface area contributed by atoms with Gasteiger partial charge in [-0.05, 0) is 17.5 Å². The third kappa shape index (κ3) is 4.73. The molecule has 104 valence electrons. The van der Waals surface area contributed by atoms with Gasteiger partial charge in [0.1, 0.15) is 0 Å². The van der Waals surface area contributed by atoms with E-state index in [1.807, 2.05) is 24.3 Å². The molecule has 1 atom stereocenters. The lowest BCUT2D eigenvalue weighted by molar-refractivity contribution is -0.137. The van der Waals surface area contributed by atoms with Gasteiger partial charge in [0.2, 0.25) is 5.91 Å². The highest BCUT2D eigenvalue weighted by Gasteiger charge is 2.19. The summed E-state index contributed by atoms with van der Waals surface area (Å²) in [6.45, 7) is 5.63. The predicted molar refractivity (Wildman–Crippen MR) is 73.8 cm³/mol. The first kappa shape index (κ1) is 15.2. The molecule has 0 radical (unpaired) electrons. The van der Waals surface area contributed by atoms with Gasteiger partial charge in [0, 0.05) is 5.92 Å². The van der Waals surface area contributed by atoms with Gasteiger partial charge in [-0.25, -0.2) is 0 Å². The first-order valence-corrected chi connectivity index (χ1v) is 6.55. The van der Waals surface area contributed by atoms with Gasteiger partial charge < -0.3 is 10.4 Å². The Balaban J connectivity index is 2.88. The molecule has 2 N–H and O–H groups in total. The maximum absolute atomic E-state index is 11.7. The van der Waals surface area contributed by atoms with Crippen molar-refractivity contribution in [3.8, 4) is 0 Å². The van der Waals surface area contributed by atoms with Crippen LogP contribution in [0.3, 0.4) is 0 Å². The summed E-state index contributed by atoms with van der Waals surface area (Å²) in [5.74, 6) is -1.22. The van der Waals surface area contributed by atoms with E-state index in [-0.39, 0.29) is 18.2 Å². The highest BCUT2D eigenvalue weighted by atomic mass is 16.4. The number of aliphatic carboxylic acids is 1. The zero-order valence-corrected chi connectivity index (χ0v) is 11.6.